The highest BCUT2D eigenvalue weighted by Crippen LogP contribution is 2.34. The van der Waals surface area contributed by atoms with Gasteiger partial charge in [0.05, 0.1) is 12.0 Å². The second-order valence-corrected chi connectivity index (χ2v) is 4.62. The Morgan fingerprint density at radius 1 is 1.50 bits per heavy atom. The van der Waals surface area contributed by atoms with E-state index < -0.39 is 31.2 Å². The average molecular weight is 282 g/mol. The predicted octanol–water partition coefficient (Wildman–Crippen LogP) is 0.0617. The Labute approximate surface area is 114 Å². The monoisotopic (exact) mass is 282 g/mol. The van der Waals surface area contributed by atoms with Gasteiger partial charge in [0.25, 0.3) is 0 Å². The average Bonchev–Trinajstić information content (AvgIpc) is 3.01. The Morgan fingerprint density at radius 2 is 2.30 bits per heavy atom. The normalized spacial score (nSPS) is 30.0. The van der Waals surface area contributed by atoms with Crippen molar-refractivity contribution in [2.24, 2.45) is 0 Å². The molecule has 3 heterocycles. The zero-order valence-corrected chi connectivity index (χ0v) is 10.8. The van der Waals surface area contributed by atoms with Gasteiger partial charge < -0.3 is 24.8 Å². The molecule has 1 saturated heterocycles. The number of hydrogen-bond donors (Lipinski definition) is 3. The van der Waals surface area contributed by atoms with Gasteiger partial charge in [0, 0.05) is 13.2 Å². The van der Waals surface area contributed by atoms with Crippen LogP contribution in [0.2, 0.25) is 0 Å². The lowest BCUT2D eigenvalue weighted by Gasteiger charge is -2.16. The second kappa shape index (κ2) is 4.97. The van der Waals surface area contributed by atoms with E-state index in [0.29, 0.717) is 11.5 Å². The van der Waals surface area contributed by atoms with Gasteiger partial charge in [-0.2, -0.15) is 0 Å². The summed E-state index contributed by atoms with van der Waals surface area (Å²) in [5, 5.41) is 22.4. The maximum atomic E-state index is 14.1. The summed E-state index contributed by atoms with van der Waals surface area (Å²) in [4.78, 5) is 8.20. The van der Waals surface area contributed by atoms with Crippen LogP contribution < -0.4 is 5.32 Å². The van der Waals surface area contributed by atoms with Crippen molar-refractivity contribution in [1.29, 1.82) is 0 Å². The molecule has 20 heavy (non-hydrogen) atoms. The summed E-state index contributed by atoms with van der Waals surface area (Å²) < 4.78 is 21.0. The number of anilines is 1. The molecule has 3 N–H and O–H groups in total. The second-order valence-electron chi connectivity index (χ2n) is 4.62. The molecule has 0 saturated carbocycles. The van der Waals surface area contributed by atoms with Crippen LogP contribution in [0.3, 0.4) is 0 Å². The van der Waals surface area contributed by atoms with E-state index in [1.54, 1.807) is 19.3 Å². The number of aromatic nitrogens is 3. The van der Waals surface area contributed by atoms with Crippen molar-refractivity contribution in [2.75, 3.05) is 19.0 Å². The van der Waals surface area contributed by atoms with Crippen LogP contribution in [-0.2, 0) is 4.74 Å². The topological polar surface area (TPSA) is 92.4 Å². The standard InChI is InChI=1S/C12H15FN4O3/c1-14-10-6-2-3-17(11(6)16-5-15-10)12-8(13)9(19)7(4-18)20-12/h2-3,5,7-9,12,18-19H,4H2,1H3,(H,14,15,16)/t7-,8+,9-,12-/m1/s1. The van der Waals surface area contributed by atoms with Gasteiger partial charge >= 0.3 is 0 Å². The summed E-state index contributed by atoms with van der Waals surface area (Å²) in [6, 6.07) is 1.75. The first kappa shape index (κ1) is 13.2. The fourth-order valence-corrected chi connectivity index (χ4v) is 2.45. The van der Waals surface area contributed by atoms with Crippen molar-refractivity contribution in [2.45, 2.75) is 24.6 Å². The third-order valence-electron chi connectivity index (χ3n) is 3.49. The lowest BCUT2D eigenvalue weighted by atomic mass is 10.1. The number of aliphatic hydroxyl groups is 2. The SMILES string of the molecule is CNc1ncnc2c1ccn2[C@@H]1O[C@H](CO)[C@@H](O)[C@@H]1F. The molecule has 1 fully saturated rings. The lowest BCUT2D eigenvalue weighted by molar-refractivity contribution is -0.0457. The van der Waals surface area contributed by atoms with Crippen molar-refractivity contribution in [3.8, 4) is 0 Å². The van der Waals surface area contributed by atoms with Crippen LogP contribution in [0.1, 0.15) is 6.23 Å². The van der Waals surface area contributed by atoms with Crippen LogP contribution in [0.4, 0.5) is 10.2 Å². The van der Waals surface area contributed by atoms with Gasteiger partial charge in [0.15, 0.2) is 12.4 Å². The number of halogens is 1. The molecule has 4 atom stereocenters. The van der Waals surface area contributed by atoms with E-state index in [-0.39, 0.29) is 0 Å². The number of hydrogen-bond acceptors (Lipinski definition) is 6. The van der Waals surface area contributed by atoms with Crippen LogP contribution >= 0.6 is 0 Å². The molecule has 0 unspecified atom stereocenters. The minimum absolute atomic E-state index is 0.436. The third kappa shape index (κ3) is 1.84. The van der Waals surface area contributed by atoms with E-state index in [0.717, 1.165) is 5.39 Å². The fraction of sp³-hybridized carbons (Fsp3) is 0.500. The van der Waals surface area contributed by atoms with E-state index in [4.69, 9.17) is 9.84 Å². The minimum Gasteiger partial charge on any atom is -0.394 e. The summed E-state index contributed by atoms with van der Waals surface area (Å²) in [7, 11) is 1.73. The Bertz CT molecular complexity index is 620. The van der Waals surface area contributed by atoms with Crippen LogP contribution in [0.25, 0.3) is 11.0 Å². The summed E-state index contributed by atoms with van der Waals surface area (Å²) in [6.45, 7) is -0.436. The number of alkyl halides is 1. The van der Waals surface area contributed by atoms with Crippen LogP contribution in [0, 0.1) is 0 Å². The quantitative estimate of drug-likeness (QED) is 0.737. The highest BCUT2D eigenvalue weighted by molar-refractivity contribution is 5.87. The maximum absolute atomic E-state index is 14.1. The molecule has 3 rings (SSSR count). The Morgan fingerprint density at radius 3 is 2.95 bits per heavy atom. The summed E-state index contributed by atoms with van der Waals surface area (Å²) in [5.74, 6) is 0.626. The highest BCUT2D eigenvalue weighted by Gasteiger charge is 2.45. The van der Waals surface area contributed by atoms with E-state index in [1.165, 1.54) is 10.9 Å². The van der Waals surface area contributed by atoms with E-state index in [1.807, 2.05) is 0 Å². The summed E-state index contributed by atoms with van der Waals surface area (Å²) in [5.41, 5.74) is 0.503. The van der Waals surface area contributed by atoms with Crippen molar-refractivity contribution < 1.29 is 19.3 Å². The molecule has 0 spiro atoms. The third-order valence-corrected chi connectivity index (χ3v) is 3.49. The van der Waals surface area contributed by atoms with Crippen LogP contribution in [0.15, 0.2) is 18.6 Å². The van der Waals surface area contributed by atoms with Crippen molar-refractivity contribution in [3.05, 3.63) is 18.6 Å². The molecule has 7 nitrogen and oxygen atoms in total. The molecule has 2 aromatic heterocycles. The number of rotatable bonds is 3. The zero-order chi connectivity index (χ0) is 14.3. The predicted molar refractivity (Wildman–Crippen MR) is 69.0 cm³/mol. The molecular formula is C12H15FN4O3. The van der Waals surface area contributed by atoms with Gasteiger partial charge in [-0.3, -0.25) is 0 Å². The fourth-order valence-electron chi connectivity index (χ4n) is 2.45. The molecule has 0 amide bonds. The van der Waals surface area contributed by atoms with Crippen molar-refractivity contribution >= 4 is 16.9 Å². The Balaban J connectivity index is 2.03. The Hall–Kier alpha value is -1.77. The molecule has 0 aliphatic carbocycles. The highest BCUT2D eigenvalue weighted by atomic mass is 19.1. The number of fused-ring (bicyclic) bond motifs is 1. The van der Waals surface area contributed by atoms with E-state index in [9.17, 15) is 9.50 Å². The maximum Gasteiger partial charge on any atom is 0.173 e. The van der Waals surface area contributed by atoms with Gasteiger partial charge in [-0.05, 0) is 6.07 Å². The molecule has 0 bridgehead atoms. The molecule has 8 heteroatoms. The van der Waals surface area contributed by atoms with Gasteiger partial charge in [0.2, 0.25) is 0 Å². The van der Waals surface area contributed by atoms with Crippen LogP contribution in [-0.4, -0.2) is 56.8 Å². The lowest BCUT2D eigenvalue weighted by Crippen LogP contribution is -2.30. The first-order chi connectivity index (χ1) is 9.67. The molecule has 2 aromatic rings. The number of nitrogens with one attached hydrogen (secondary N) is 1. The molecule has 0 radical (unpaired) electrons. The molecule has 1 aliphatic heterocycles. The van der Waals surface area contributed by atoms with E-state index in [2.05, 4.69) is 15.3 Å². The first-order valence-electron chi connectivity index (χ1n) is 6.25. The van der Waals surface area contributed by atoms with Gasteiger partial charge in [-0.1, -0.05) is 0 Å². The molecular weight excluding hydrogens is 267 g/mol. The Kier molecular flexibility index (Phi) is 3.28. The zero-order valence-electron chi connectivity index (χ0n) is 10.8. The van der Waals surface area contributed by atoms with E-state index >= 15 is 0 Å². The van der Waals surface area contributed by atoms with Gasteiger partial charge in [-0.25, -0.2) is 14.4 Å². The van der Waals surface area contributed by atoms with Crippen molar-refractivity contribution in [1.82, 2.24) is 14.5 Å². The first-order valence-corrected chi connectivity index (χ1v) is 6.25. The number of aliphatic hydroxyl groups excluding tert-OH is 2. The number of ether oxygens (including phenoxy) is 1. The molecule has 0 aromatic carbocycles. The molecule has 108 valence electrons. The summed E-state index contributed by atoms with van der Waals surface area (Å²) in [6.07, 6.45) is -1.93. The summed E-state index contributed by atoms with van der Waals surface area (Å²) >= 11 is 0. The largest absolute Gasteiger partial charge is 0.394 e. The smallest absolute Gasteiger partial charge is 0.173 e. The minimum atomic E-state index is -1.63. The van der Waals surface area contributed by atoms with Gasteiger partial charge in [0.1, 0.15) is 30.0 Å². The van der Waals surface area contributed by atoms with Crippen molar-refractivity contribution in [3.63, 3.8) is 0 Å². The van der Waals surface area contributed by atoms with Gasteiger partial charge in [-0.15, -0.1) is 0 Å². The molecule has 1 aliphatic rings. The van der Waals surface area contributed by atoms with Crippen LogP contribution in [0.5, 0.6) is 0 Å². The number of nitrogens with zero attached hydrogens (tertiary/aromatic N) is 3.